The molecule has 0 saturated heterocycles. The van der Waals surface area contributed by atoms with Gasteiger partial charge in [0.2, 0.25) is 0 Å². The molecule has 0 spiro atoms. The van der Waals surface area contributed by atoms with Crippen molar-refractivity contribution >= 4 is 24.1 Å². The molecule has 0 amide bonds. The number of pyridine rings is 1. The van der Waals surface area contributed by atoms with Gasteiger partial charge in [-0.05, 0) is 0 Å². The first kappa shape index (κ1) is 15.2. The molecule has 0 radical (unpaired) electrons. The summed E-state index contributed by atoms with van der Waals surface area (Å²) < 4.78 is 7.31. The van der Waals surface area contributed by atoms with Gasteiger partial charge in [0.25, 0.3) is 0 Å². The Bertz CT molecular complexity index is 985. The Balaban J connectivity index is 1.69. The van der Waals surface area contributed by atoms with Gasteiger partial charge in [-0.2, -0.15) is 0 Å². The Kier molecular flexibility index (Phi) is 3.97. The number of hydrogen-bond donors (Lipinski definition) is 0. The second-order valence-electron chi connectivity index (χ2n) is 5.96. The zero-order chi connectivity index (χ0) is 16.5. The molecule has 0 bridgehead atoms. The second kappa shape index (κ2) is 6.27. The number of ether oxygens (including phenoxy) is 1. The van der Waals surface area contributed by atoms with Crippen molar-refractivity contribution in [2.45, 2.75) is 13.8 Å². The van der Waals surface area contributed by atoms with Gasteiger partial charge in [-0.3, -0.25) is 0 Å². The Morgan fingerprint density at radius 2 is 1.67 bits per heavy atom. The first-order chi connectivity index (χ1) is 11.7. The number of fused-ring (bicyclic) bond motifs is 1. The van der Waals surface area contributed by atoms with E-state index in [1.54, 1.807) is 0 Å². The molecule has 0 aliphatic carbocycles. The van der Waals surface area contributed by atoms with Crippen molar-refractivity contribution < 1.29 is 4.74 Å². The van der Waals surface area contributed by atoms with Gasteiger partial charge in [0.15, 0.2) is 0 Å². The third kappa shape index (κ3) is 3.01. The fraction of sp³-hybridized carbons (Fsp3) is 0.0952. The summed E-state index contributed by atoms with van der Waals surface area (Å²) in [7, 11) is 0. The Labute approximate surface area is 147 Å². The summed E-state index contributed by atoms with van der Waals surface area (Å²) >= 11 is 0.323. The number of aryl methyl sites for hydroxylation is 2. The molecule has 0 N–H and O–H groups in total. The van der Waals surface area contributed by atoms with Gasteiger partial charge >= 0.3 is 147 Å². The third-order valence-electron chi connectivity index (χ3n) is 3.94. The third-order valence-corrected chi connectivity index (χ3v) is 5.92. The molecule has 2 heterocycles. The molecule has 2 aromatic carbocycles. The van der Waals surface area contributed by atoms with E-state index in [-0.39, 0.29) is 0 Å². The van der Waals surface area contributed by atoms with Crippen LogP contribution in [0.1, 0.15) is 11.1 Å². The molecule has 24 heavy (non-hydrogen) atoms. The van der Waals surface area contributed by atoms with Crippen LogP contribution in [-0.4, -0.2) is 19.5 Å². The average Bonchev–Trinajstić information content (AvgIpc) is 2.98. The molecule has 0 fully saturated rings. The average molecular weight is 378 g/mol. The van der Waals surface area contributed by atoms with Crippen molar-refractivity contribution in [2.24, 2.45) is 0 Å². The van der Waals surface area contributed by atoms with Crippen molar-refractivity contribution in [3.05, 3.63) is 76.9 Å². The molecule has 2 nitrogen and oxygen atoms in total. The maximum atomic E-state index is 5.98. The molecule has 0 aliphatic rings. The van der Waals surface area contributed by atoms with E-state index in [1.807, 2.05) is 24.4 Å². The van der Waals surface area contributed by atoms with Crippen molar-refractivity contribution in [3.8, 4) is 22.8 Å². The minimum atomic E-state index is 0.323. The number of aromatic nitrogens is 1. The van der Waals surface area contributed by atoms with Crippen LogP contribution in [-0.2, 0) is 0 Å². The zero-order valence-corrected chi connectivity index (χ0v) is 15.3. The molecular formula is C21H17NOSe. The van der Waals surface area contributed by atoms with Crippen LogP contribution in [0.2, 0.25) is 0 Å². The number of nitrogens with zero attached hydrogens (tertiary/aromatic N) is 1. The Hall–Kier alpha value is -2.35. The van der Waals surface area contributed by atoms with Gasteiger partial charge in [-0.25, -0.2) is 0 Å². The van der Waals surface area contributed by atoms with Crippen molar-refractivity contribution in [2.75, 3.05) is 0 Å². The molecule has 3 heteroatoms. The summed E-state index contributed by atoms with van der Waals surface area (Å²) in [6.45, 7) is 4.16. The number of benzene rings is 2. The van der Waals surface area contributed by atoms with Crippen LogP contribution in [0.25, 0.3) is 20.8 Å². The van der Waals surface area contributed by atoms with Gasteiger partial charge in [-0.15, -0.1) is 0 Å². The predicted molar refractivity (Wildman–Crippen MR) is 100 cm³/mol. The number of rotatable bonds is 3. The summed E-state index contributed by atoms with van der Waals surface area (Å²) in [5.74, 6) is 1.52. The van der Waals surface area contributed by atoms with Gasteiger partial charge < -0.3 is 0 Å². The molecular weight excluding hydrogens is 361 g/mol. The molecule has 0 aliphatic heterocycles. The van der Waals surface area contributed by atoms with E-state index in [0.29, 0.717) is 20.4 Å². The molecule has 4 rings (SSSR count). The van der Waals surface area contributed by atoms with Crippen molar-refractivity contribution in [1.29, 1.82) is 0 Å². The van der Waals surface area contributed by atoms with Crippen molar-refractivity contribution in [1.82, 2.24) is 4.98 Å². The van der Waals surface area contributed by atoms with E-state index in [2.05, 4.69) is 60.2 Å². The topological polar surface area (TPSA) is 22.1 Å². The summed E-state index contributed by atoms with van der Waals surface area (Å²) in [6, 6.07) is 18.8. The van der Waals surface area contributed by atoms with Gasteiger partial charge in [0.05, 0.1) is 0 Å². The molecule has 0 atom stereocenters. The van der Waals surface area contributed by atoms with Gasteiger partial charge in [0.1, 0.15) is 0 Å². The first-order valence-electron chi connectivity index (χ1n) is 7.88. The minimum absolute atomic E-state index is 0.323. The normalized spacial score (nSPS) is 10.9. The molecule has 2 aromatic heterocycles. The van der Waals surface area contributed by atoms with E-state index < -0.39 is 0 Å². The van der Waals surface area contributed by atoms with E-state index in [9.17, 15) is 0 Å². The maximum absolute atomic E-state index is 5.98. The monoisotopic (exact) mass is 379 g/mol. The Morgan fingerprint density at radius 3 is 2.42 bits per heavy atom. The molecule has 0 unspecified atom stereocenters. The quantitative estimate of drug-likeness (QED) is 0.447. The molecule has 4 aromatic rings. The van der Waals surface area contributed by atoms with Crippen LogP contribution in [0.5, 0.6) is 11.6 Å². The second-order valence-corrected chi connectivity index (χ2v) is 7.87. The fourth-order valence-corrected chi connectivity index (χ4v) is 4.94. The van der Waals surface area contributed by atoms with E-state index >= 15 is 0 Å². The zero-order valence-electron chi connectivity index (χ0n) is 13.6. The number of hydrogen-bond acceptors (Lipinski definition) is 2. The summed E-state index contributed by atoms with van der Waals surface area (Å²) in [5.41, 5.74) is 4.94. The molecule has 0 saturated carbocycles. The predicted octanol–water partition coefficient (Wildman–Crippen LogP) is 5.37. The van der Waals surface area contributed by atoms with Crippen molar-refractivity contribution in [3.63, 3.8) is 0 Å². The van der Waals surface area contributed by atoms with Crippen LogP contribution in [0.15, 0.2) is 65.7 Å². The van der Waals surface area contributed by atoms with Crippen LogP contribution in [0, 0.1) is 13.8 Å². The van der Waals surface area contributed by atoms with Gasteiger partial charge in [0, 0.05) is 0 Å². The van der Waals surface area contributed by atoms with E-state index in [1.165, 1.54) is 31.9 Å². The first-order valence-corrected chi connectivity index (χ1v) is 9.72. The molecule has 118 valence electrons. The van der Waals surface area contributed by atoms with Gasteiger partial charge in [-0.1, -0.05) is 0 Å². The van der Waals surface area contributed by atoms with E-state index in [4.69, 9.17) is 4.74 Å². The summed E-state index contributed by atoms with van der Waals surface area (Å²) in [5, 5.41) is 1.23. The van der Waals surface area contributed by atoms with Crippen LogP contribution >= 0.6 is 0 Å². The summed E-state index contributed by atoms with van der Waals surface area (Å²) in [6.07, 6.45) is 1.95. The van der Waals surface area contributed by atoms with Crippen LogP contribution < -0.4 is 4.74 Å². The standard InChI is InChI=1S/C21H17NOSe/c1-14-8-15(2)10-17(9-14)23-21-11-20-18(12-22-21)19(13-24-20)16-6-4-3-5-7-16/h3-13H,1-2H3. The summed E-state index contributed by atoms with van der Waals surface area (Å²) in [4.78, 5) is 6.86. The SMILES string of the molecule is Cc1cc(C)cc(Oc2cc3[se]cc(-c4ccccc4)c3cn2)c1. The van der Waals surface area contributed by atoms with Crippen LogP contribution in [0.3, 0.4) is 0 Å². The van der Waals surface area contributed by atoms with E-state index in [0.717, 1.165) is 5.75 Å². The van der Waals surface area contributed by atoms with Crippen LogP contribution in [0.4, 0.5) is 0 Å². The Morgan fingerprint density at radius 1 is 0.917 bits per heavy atom. The fourth-order valence-electron chi connectivity index (χ4n) is 2.91.